The first-order valence-corrected chi connectivity index (χ1v) is 5.45. The van der Waals surface area contributed by atoms with Crippen molar-refractivity contribution in [1.82, 2.24) is 9.78 Å². The predicted molar refractivity (Wildman–Crippen MR) is 56.2 cm³/mol. The standard InChI is InChI=1S/C11H16N2O2/c1-3-6-13-7(2)9(11(14)15)10(12-13)8-4-5-8/h8H,3-6H2,1-2H3,(H,14,15). The highest BCUT2D eigenvalue weighted by molar-refractivity contribution is 5.90. The van der Waals surface area contributed by atoms with Crippen LogP contribution in [-0.4, -0.2) is 20.9 Å². The third kappa shape index (κ3) is 1.76. The maximum atomic E-state index is 11.1. The van der Waals surface area contributed by atoms with Gasteiger partial charge in [-0.15, -0.1) is 0 Å². The van der Waals surface area contributed by atoms with Gasteiger partial charge in [-0.1, -0.05) is 6.92 Å². The first-order chi connectivity index (χ1) is 7.15. The van der Waals surface area contributed by atoms with Crippen LogP contribution < -0.4 is 0 Å². The lowest BCUT2D eigenvalue weighted by molar-refractivity contribution is 0.0694. The van der Waals surface area contributed by atoms with Crippen LogP contribution in [0.2, 0.25) is 0 Å². The second-order valence-corrected chi connectivity index (χ2v) is 4.15. The van der Waals surface area contributed by atoms with Crippen LogP contribution in [0.4, 0.5) is 0 Å². The van der Waals surface area contributed by atoms with Gasteiger partial charge in [-0.05, 0) is 26.2 Å². The Morgan fingerprint density at radius 2 is 2.27 bits per heavy atom. The van der Waals surface area contributed by atoms with E-state index in [2.05, 4.69) is 12.0 Å². The van der Waals surface area contributed by atoms with Crippen LogP contribution in [0, 0.1) is 6.92 Å². The Morgan fingerprint density at radius 3 is 2.73 bits per heavy atom. The van der Waals surface area contributed by atoms with E-state index in [-0.39, 0.29) is 0 Å². The molecule has 82 valence electrons. The van der Waals surface area contributed by atoms with Crippen LogP contribution >= 0.6 is 0 Å². The Kier molecular flexibility index (Phi) is 2.50. The summed E-state index contributed by atoms with van der Waals surface area (Å²) in [7, 11) is 0. The van der Waals surface area contributed by atoms with Crippen LogP contribution in [0.1, 0.15) is 53.8 Å². The molecule has 1 saturated carbocycles. The van der Waals surface area contributed by atoms with Gasteiger partial charge in [0.05, 0.1) is 11.4 Å². The van der Waals surface area contributed by atoms with E-state index in [9.17, 15) is 4.79 Å². The van der Waals surface area contributed by atoms with Crippen molar-refractivity contribution < 1.29 is 9.90 Å². The Balaban J connectivity index is 2.43. The number of carboxylic acids is 1. The molecule has 0 bridgehead atoms. The van der Waals surface area contributed by atoms with E-state index in [0.29, 0.717) is 11.5 Å². The summed E-state index contributed by atoms with van der Waals surface area (Å²) in [5.74, 6) is -0.440. The largest absolute Gasteiger partial charge is 0.478 e. The van der Waals surface area contributed by atoms with Gasteiger partial charge in [0.2, 0.25) is 0 Å². The molecule has 0 atom stereocenters. The highest BCUT2D eigenvalue weighted by Gasteiger charge is 2.33. The normalized spacial score (nSPS) is 15.6. The summed E-state index contributed by atoms with van der Waals surface area (Å²) < 4.78 is 1.83. The summed E-state index contributed by atoms with van der Waals surface area (Å²) >= 11 is 0. The smallest absolute Gasteiger partial charge is 0.339 e. The number of aryl methyl sites for hydroxylation is 1. The number of rotatable bonds is 4. The van der Waals surface area contributed by atoms with Gasteiger partial charge in [-0.2, -0.15) is 5.10 Å². The fourth-order valence-corrected chi connectivity index (χ4v) is 1.91. The summed E-state index contributed by atoms with van der Waals surface area (Å²) in [5.41, 5.74) is 2.03. The van der Waals surface area contributed by atoms with Crippen LogP contribution in [-0.2, 0) is 6.54 Å². The number of nitrogens with zero attached hydrogens (tertiary/aromatic N) is 2. The Hall–Kier alpha value is -1.32. The van der Waals surface area contributed by atoms with Crippen molar-refractivity contribution >= 4 is 5.97 Å². The molecule has 4 heteroatoms. The zero-order chi connectivity index (χ0) is 11.0. The van der Waals surface area contributed by atoms with Gasteiger partial charge in [0.25, 0.3) is 0 Å². The van der Waals surface area contributed by atoms with Crippen LogP contribution in [0.25, 0.3) is 0 Å². The van der Waals surface area contributed by atoms with E-state index in [4.69, 9.17) is 5.11 Å². The fraction of sp³-hybridized carbons (Fsp3) is 0.636. The van der Waals surface area contributed by atoms with Crippen molar-refractivity contribution in [2.24, 2.45) is 0 Å². The van der Waals surface area contributed by atoms with Gasteiger partial charge in [0.15, 0.2) is 0 Å². The molecule has 15 heavy (non-hydrogen) atoms. The lowest BCUT2D eigenvalue weighted by Crippen LogP contribution is -2.04. The highest BCUT2D eigenvalue weighted by atomic mass is 16.4. The summed E-state index contributed by atoms with van der Waals surface area (Å²) in [6, 6.07) is 0. The second-order valence-electron chi connectivity index (χ2n) is 4.15. The minimum absolute atomic E-state index is 0.396. The van der Waals surface area contributed by atoms with Gasteiger partial charge in [0.1, 0.15) is 5.56 Å². The molecule has 1 fully saturated rings. The molecule has 1 aliphatic rings. The van der Waals surface area contributed by atoms with E-state index >= 15 is 0 Å². The minimum atomic E-state index is -0.836. The van der Waals surface area contributed by atoms with Gasteiger partial charge in [0, 0.05) is 12.5 Å². The molecule has 1 aliphatic carbocycles. The van der Waals surface area contributed by atoms with E-state index in [0.717, 1.165) is 37.2 Å². The van der Waals surface area contributed by atoms with E-state index in [1.165, 1.54) is 0 Å². The molecule has 0 aromatic carbocycles. The first-order valence-electron chi connectivity index (χ1n) is 5.45. The zero-order valence-corrected chi connectivity index (χ0v) is 9.16. The number of carboxylic acid groups (broad SMARTS) is 1. The molecule has 1 aromatic heterocycles. The molecule has 0 saturated heterocycles. The number of hydrogen-bond acceptors (Lipinski definition) is 2. The van der Waals surface area contributed by atoms with Gasteiger partial charge in [-0.25, -0.2) is 4.79 Å². The summed E-state index contributed by atoms with van der Waals surface area (Å²) in [4.78, 5) is 11.1. The molecular formula is C11H16N2O2. The molecule has 0 unspecified atom stereocenters. The SMILES string of the molecule is CCCn1nc(C2CC2)c(C(=O)O)c1C. The Bertz CT molecular complexity index is 392. The third-order valence-electron chi connectivity index (χ3n) is 2.85. The molecule has 2 rings (SSSR count). The van der Waals surface area contributed by atoms with Crippen LogP contribution in [0.3, 0.4) is 0 Å². The zero-order valence-electron chi connectivity index (χ0n) is 9.16. The maximum Gasteiger partial charge on any atom is 0.339 e. The Labute approximate surface area is 88.9 Å². The minimum Gasteiger partial charge on any atom is -0.478 e. The average Bonchev–Trinajstić information content (AvgIpc) is 2.94. The van der Waals surface area contributed by atoms with Crippen molar-refractivity contribution in [2.75, 3.05) is 0 Å². The summed E-state index contributed by atoms with van der Waals surface area (Å²) in [6.45, 7) is 4.72. The Morgan fingerprint density at radius 1 is 1.60 bits per heavy atom. The molecule has 0 radical (unpaired) electrons. The predicted octanol–water partition coefficient (Wildman–Crippen LogP) is 2.18. The summed E-state index contributed by atoms with van der Waals surface area (Å²) in [6.07, 6.45) is 3.15. The van der Waals surface area contributed by atoms with Crippen molar-refractivity contribution in [3.8, 4) is 0 Å². The molecule has 0 spiro atoms. The van der Waals surface area contributed by atoms with Gasteiger partial charge < -0.3 is 5.11 Å². The third-order valence-corrected chi connectivity index (χ3v) is 2.85. The van der Waals surface area contributed by atoms with Crippen LogP contribution in [0.5, 0.6) is 0 Å². The number of carbonyl (C=O) groups is 1. The highest BCUT2D eigenvalue weighted by Crippen LogP contribution is 2.41. The number of aromatic nitrogens is 2. The molecule has 0 aliphatic heterocycles. The van der Waals surface area contributed by atoms with Crippen molar-refractivity contribution in [3.63, 3.8) is 0 Å². The molecule has 4 nitrogen and oxygen atoms in total. The fourth-order valence-electron chi connectivity index (χ4n) is 1.91. The van der Waals surface area contributed by atoms with E-state index in [1.807, 2.05) is 11.6 Å². The second kappa shape index (κ2) is 3.68. The lowest BCUT2D eigenvalue weighted by atomic mass is 10.1. The van der Waals surface area contributed by atoms with E-state index < -0.39 is 5.97 Å². The van der Waals surface area contributed by atoms with Gasteiger partial charge in [-0.3, -0.25) is 4.68 Å². The first kappa shape index (κ1) is 10.2. The van der Waals surface area contributed by atoms with Crippen molar-refractivity contribution in [3.05, 3.63) is 17.0 Å². The van der Waals surface area contributed by atoms with Crippen LogP contribution in [0.15, 0.2) is 0 Å². The van der Waals surface area contributed by atoms with Crippen molar-refractivity contribution in [2.45, 2.75) is 45.6 Å². The topological polar surface area (TPSA) is 55.1 Å². The maximum absolute atomic E-state index is 11.1. The number of hydrogen-bond donors (Lipinski definition) is 1. The lowest BCUT2D eigenvalue weighted by Gasteiger charge is -2.00. The molecule has 1 aromatic rings. The van der Waals surface area contributed by atoms with Crippen molar-refractivity contribution in [1.29, 1.82) is 0 Å². The summed E-state index contributed by atoms with van der Waals surface area (Å²) in [5, 5.41) is 13.6. The van der Waals surface area contributed by atoms with E-state index in [1.54, 1.807) is 0 Å². The average molecular weight is 208 g/mol. The quantitative estimate of drug-likeness (QED) is 0.825. The molecular weight excluding hydrogens is 192 g/mol. The molecule has 0 amide bonds. The van der Waals surface area contributed by atoms with Gasteiger partial charge >= 0.3 is 5.97 Å². The molecule has 1 heterocycles. The molecule has 1 N–H and O–H groups in total. The monoisotopic (exact) mass is 208 g/mol. The number of aromatic carboxylic acids is 1.